The molecule has 1 aromatic heterocycles. The van der Waals surface area contributed by atoms with Gasteiger partial charge in [-0.15, -0.1) is 4.40 Å². The van der Waals surface area contributed by atoms with Gasteiger partial charge >= 0.3 is 0 Å². The molecule has 0 aliphatic carbocycles. The zero-order valence-corrected chi connectivity index (χ0v) is 23.7. The lowest BCUT2D eigenvalue weighted by molar-refractivity contribution is -0.695. The van der Waals surface area contributed by atoms with Crippen molar-refractivity contribution in [3.8, 4) is 22.4 Å². The van der Waals surface area contributed by atoms with Gasteiger partial charge < -0.3 is 16.8 Å². The van der Waals surface area contributed by atoms with Gasteiger partial charge in [-0.05, 0) is 47.5 Å². The standard InChI is InChI=1S/C31H33N5O3S/c1-31(2,3)28-21-24(22-10-6-4-7-11-22)20-27(23-12-8-5-9-13-23)36(28)19-18-29(37)34-25-14-16-26(17-15-25)40(38,39)35-30(32)33/h4-17,20-21H,18-19H2,1-3H3,(H4-,32,33,34,35,37)/p+1. The number of hydrogen-bond acceptors (Lipinski definition) is 3. The van der Waals surface area contributed by atoms with Crippen molar-refractivity contribution < 1.29 is 17.8 Å². The van der Waals surface area contributed by atoms with Crippen molar-refractivity contribution in [2.75, 3.05) is 5.32 Å². The molecule has 0 radical (unpaired) electrons. The largest absolute Gasteiger partial charge is 0.369 e. The molecular formula is C31H34N5O3S+. The van der Waals surface area contributed by atoms with Gasteiger partial charge in [0.2, 0.25) is 17.6 Å². The number of aromatic nitrogens is 1. The molecule has 4 aromatic rings. The maximum absolute atomic E-state index is 13.0. The van der Waals surface area contributed by atoms with Crippen molar-refractivity contribution in [1.82, 2.24) is 0 Å². The number of carbonyl (C=O) groups is 1. The van der Waals surface area contributed by atoms with Crippen LogP contribution < -0.4 is 21.4 Å². The summed E-state index contributed by atoms with van der Waals surface area (Å²) in [6.45, 7) is 6.95. The van der Waals surface area contributed by atoms with Gasteiger partial charge in [0.1, 0.15) is 0 Å². The van der Waals surface area contributed by atoms with Crippen LogP contribution in [0.3, 0.4) is 0 Å². The predicted octanol–water partition coefficient (Wildman–Crippen LogP) is 4.60. The van der Waals surface area contributed by atoms with Gasteiger partial charge in [0.05, 0.1) is 11.3 Å². The van der Waals surface area contributed by atoms with E-state index in [9.17, 15) is 13.2 Å². The number of carbonyl (C=O) groups excluding carboxylic acids is 1. The summed E-state index contributed by atoms with van der Waals surface area (Å²) < 4.78 is 29.8. The van der Waals surface area contributed by atoms with Gasteiger partial charge in [0, 0.05) is 28.8 Å². The van der Waals surface area contributed by atoms with Crippen LogP contribution in [0.5, 0.6) is 0 Å². The zero-order valence-electron chi connectivity index (χ0n) is 22.8. The lowest BCUT2D eigenvalue weighted by Gasteiger charge is -2.21. The zero-order chi connectivity index (χ0) is 28.9. The molecule has 0 aliphatic heterocycles. The van der Waals surface area contributed by atoms with Crippen molar-refractivity contribution in [1.29, 1.82) is 0 Å². The summed E-state index contributed by atoms with van der Waals surface area (Å²) >= 11 is 0. The van der Waals surface area contributed by atoms with E-state index in [0.29, 0.717) is 12.2 Å². The van der Waals surface area contributed by atoms with Crippen LogP contribution >= 0.6 is 0 Å². The van der Waals surface area contributed by atoms with E-state index in [2.05, 4.69) is 71.5 Å². The van der Waals surface area contributed by atoms with Crippen molar-refractivity contribution in [2.24, 2.45) is 15.9 Å². The summed E-state index contributed by atoms with van der Waals surface area (Å²) in [6.07, 6.45) is 0.215. The first kappa shape index (κ1) is 28.5. The number of amides is 1. The molecule has 1 heterocycles. The van der Waals surface area contributed by atoms with Crippen LogP contribution in [0.15, 0.2) is 106 Å². The Hall–Kier alpha value is -4.50. The number of nitrogens with zero attached hydrogens (tertiary/aromatic N) is 2. The first-order valence-corrected chi connectivity index (χ1v) is 14.3. The molecular weight excluding hydrogens is 522 g/mol. The molecule has 0 atom stereocenters. The Morgan fingerprint density at radius 1 is 0.825 bits per heavy atom. The average Bonchev–Trinajstić information content (AvgIpc) is 2.91. The van der Waals surface area contributed by atoms with E-state index < -0.39 is 16.0 Å². The summed E-state index contributed by atoms with van der Waals surface area (Å²) in [6, 6.07) is 30.5. The molecule has 0 bridgehead atoms. The molecule has 8 nitrogen and oxygen atoms in total. The quantitative estimate of drug-likeness (QED) is 0.166. The van der Waals surface area contributed by atoms with Crippen LogP contribution in [-0.4, -0.2) is 20.3 Å². The summed E-state index contributed by atoms with van der Waals surface area (Å²) in [5, 5.41) is 2.85. The lowest BCUT2D eigenvalue weighted by Crippen LogP contribution is -2.46. The van der Waals surface area contributed by atoms with Crippen molar-refractivity contribution in [3.63, 3.8) is 0 Å². The number of pyridine rings is 1. The van der Waals surface area contributed by atoms with E-state index in [1.54, 1.807) is 0 Å². The van der Waals surface area contributed by atoms with E-state index in [4.69, 9.17) is 11.5 Å². The fraction of sp³-hybridized carbons (Fsp3) is 0.194. The maximum atomic E-state index is 13.0. The van der Waals surface area contributed by atoms with Crippen LogP contribution in [-0.2, 0) is 26.8 Å². The molecule has 0 fully saturated rings. The Morgan fingerprint density at radius 2 is 1.40 bits per heavy atom. The second kappa shape index (κ2) is 11.7. The number of anilines is 1. The van der Waals surface area contributed by atoms with Crippen LogP contribution in [0.4, 0.5) is 5.69 Å². The number of guanidine groups is 1. The number of sulfonamides is 1. The highest BCUT2D eigenvalue weighted by Gasteiger charge is 2.30. The maximum Gasteiger partial charge on any atom is 0.285 e. The van der Waals surface area contributed by atoms with E-state index in [1.807, 2.05) is 36.4 Å². The monoisotopic (exact) mass is 556 g/mol. The highest BCUT2D eigenvalue weighted by Crippen LogP contribution is 2.30. The summed E-state index contributed by atoms with van der Waals surface area (Å²) in [5.41, 5.74) is 16.1. The van der Waals surface area contributed by atoms with Crippen LogP contribution in [0.1, 0.15) is 32.9 Å². The molecule has 5 N–H and O–H groups in total. The third-order valence-corrected chi connectivity index (χ3v) is 7.65. The highest BCUT2D eigenvalue weighted by atomic mass is 32.2. The van der Waals surface area contributed by atoms with Crippen LogP contribution in [0.25, 0.3) is 22.4 Å². The van der Waals surface area contributed by atoms with Gasteiger partial charge in [0.25, 0.3) is 10.0 Å². The van der Waals surface area contributed by atoms with Crippen molar-refractivity contribution >= 4 is 27.6 Å². The second-order valence-corrected chi connectivity index (χ2v) is 12.1. The van der Waals surface area contributed by atoms with Crippen LogP contribution in [0.2, 0.25) is 0 Å². The minimum absolute atomic E-state index is 0.0738. The van der Waals surface area contributed by atoms with E-state index in [0.717, 1.165) is 28.1 Å². The average molecular weight is 557 g/mol. The first-order valence-electron chi connectivity index (χ1n) is 12.9. The topological polar surface area (TPSA) is 132 Å². The van der Waals surface area contributed by atoms with Gasteiger partial charge in [-0.2, -0.15) is 13.0 Å². The lowest BCUT2D eigenvalue weighted by atomic mass is 9.88. The minimum Gasteiger partial charge on any atom is -0.369 e. The molecule has 0 saturated carbocycles. The van der Waals surface area contributed by atoms with Crippen molar-refractivity contribution in [2.45, 2.75) is 44.0 Å². The van der Waals surface area contributed by atoms with Gasteiger partial charge in [-0.1, -0.05) is 69.3 Å². The third kappa shape index (κ3) is 6.92. The van der Waals surface area contributed by atoms with E-state index >= 15 is 0 Å². The fourth-order valence-electron chi connectivity index (χ4n) is 4.47. The first-order chi connectivity index (χ1) is 18.9. The third-order valence-electron chi connectivity index (χ3n) is 6.34. The molecule has 3 aromatic carbocycles. The number of hydrogen-bond donors (Lipinski definition) is 3. The molecule has 0 unspecified atom stereocenters. The fourth-order valence-corrected chi connectivity index (χ4v) is 5.33. The molecule has 0 aliphatic rings. The predicted molar refractivity (Wildman–Crippen MR) is 159 cm³/mol. The molecule has 40 heavy (non-hydrogen) atoms. The Balaban J connectivity index is 1.63. The molecule has 0 spiro atoms. The smallest absolute Gasteiger partial charge is 0.285 e. The normalized spacial score (nSPS) is 11.6. The second-order valence-electron chi connectivity index (χ2n) is 10.5. The van der Waals surface area contributed by atoms with E-state index in [1.165, 1.54) is 24.3 Å². The van der Waals surface area contributed by atoms with Crippen LogP contribution in [0, 0.1) is 0 Å². The van der Waals surface area contributed by atoms with Gasteiger partial charge in [-0.25, -0.2) is 0 Å². The molecule has 206 valence electrons. The minimum atomic E-state index is -4.00. The summed E-state index contributed by atoms with van der Waals surface area (Å²) in [4.78, 5) is 12.9. The van der Waals surface area contributed by atoms with Crippen molar-refractivity contribution in [3.05, 3.63) is 103 Å². The summed E-state index contributed by atoms with van der Waals surface area (Å²) in [5.74, 6) is -0.741. The number of nitrogens with two attached hydrogens (primary N) is 2. The molecule has 1 amide bonds. The number of rotatable bonds is 8. The highest BCUT2D eigenvalue weighted by molar-refractivity contribution is 7.90. The number of nitrogens with one attached hydrogen (secondary N) is 1. The van der Waals surface area contributed by atoms with E-state index in [-0.39, 0.29) is 22.6 Å². The summed E-state index contributed by atoms with van der Waals surface area (Å²) in [7, 11) is -4.00. The van der Waals surface area contributed by atoms with Gasteiger partial charge in [-0.3, -0.25) is 4.79 Å². The Bertz CT molecular complexity index is 1620. The number of benzene rings is 3. The molecule has 9 heteroatoms. The molecule has 0 saturated heterocycles. The SMILES string of the molecule is CC(C)(C)c1cc(-c2ccccc2)cc(-c2ccccc2)[n+]1CCC(=O)Nc1ccc(S(=O)(=O)N=C(N)N)cc1. The Labute approximate surface area is 235 Å². The van der Waals surface area contributed by atoms with Gasteiger partial charge in [0.15, 0.2) is 12.2 Å². The Kier molecular flexibility index (Phi) is 8.35. The Morgan fingerprint density at radius 3 is 1.95 bits per heavy atom. The molecule has 4 rings (SSSR count).